The molecule has 1 aliphatic rings. The lowest BCUT2D eigenvalue weighted by Gasteiger charge is -2.44. The first kappa shape index (κ1) is 8.59. The van der Waals surface area contributed by atoms with Crippen LogP contribution in [-0.4, -0.2) is 0 Å². The molecule has 0 bridgehead atoms. The van der Waals surface area contributed by atoms with Crippen LogP contribution in [0.25, 0.3) is 0 Å². The lowest BCUT2D eigenvalue weighted by molar-refractivity contribution is 0.0746. The van der Waals surface area contributed by atoms with E-state index in [-0.39, 0.29) is 5.41 Å². The molecule has 0 heterocycles. The fourth-order valence-electron chi connectivity index (χ4n) is 1.87. The van der Waals surface area contributed by atoms with Crippen LogP contribution in [0.1, 0.15) is 40.0 Å². The van der Waals surface area contributed by atoms with Crippen LogP contribution in [0, 0.1) is 28.6 Å². The first-order valence-corrected chi connectivity index (χ1v) is 4.55. The Morgan fingerprint density at radius 1 is 1.55 bits per heavy atom. The third kappa shape index (κ3) is 1.40. The summed E-state index contributed by atoms with van der Waals surface area (Å²) in [6, 6.07) is 2.45. The first-order chi connectivity index (χ1) is 5.13. The molecule has 11 heavy (non-hydrogen) atoms. The highest BCUT2D eigenvalue weighted by atomic mass is 14.5. The summed E-state index contributed by atoms with van der Waals surface area (Å²) in [4.78, 5) is 0. The van der Waals surface area contributed by atoms with Gasteiger partial charge in [0, 0.05) is 0 Å². The first-order valence-electron chi connectivity index (χ1n) is 4.55. The molecule has 0 spiro atoms. The molecule has 0 radical (unpaired) electrons. The van der Waals surface area contributed by atoms with Gasteiger partial charge in [0.15, 0.2) is 0 Å². The summed E-state index contributed by atoms with van der Waals surface area (Å²) >= 11 is 0. The second-order valence-electron chi connectivity index (χ2n) is 4.16. The fourth-order valence-corrected chi connectivity index (χ4v) is 1.87. The van der Waals surface area contributed by atoms with E-state index in [9.17, 15) is 0 Å². The van der Waals surface area contributed by atoms with Crippen LogP contribution in [0.15, 0.2) is 0 Å². The molecule has 0 aromatic rings. The average molecular weight is 151 g/mol. The molecule has 1 fully saturated rings. The highest BCUT2D eigenvalue weighted by Gasteiger charge is 2.43. The van der Waals surface area contributed by atoms with Crippen LogP contribution in [0.5, 0.6) is 0 Å². The van der Waals surface area contributed by atoms with Crippen molar-refractivity contribution >= 4 is 0 Å². The van der Waals surface area contributed by atoms with Crippen molar-refractivity contribution in [2.75, 3.05) is 0 Å². The highest BCUT2D eigenvalue weighted by Crippen LogP contribution is 2.50. The van der Waals surface area contributed by atoms with E-state index < -0.39 is 0 Å². The van der Waals surface area contributed by atoms with Gasteiger partial charge in [-0.1, -0.05) is 20.8 Å². The van der Waals surface area contributed by atoms with Gasteiger partial charge in [-0.25, -0.2) is 0 Å². The zero-order valence-electron chi connectivity index (χ0n) is 7.72. The van der Waals surface area contributed by atoms with E-state index in [1.54, 1.807) is 0 Å². The monoisotopic (exact) mass is 151 g/mol. The van der Waals surface area contributed by atoms with E-state index >= 15 is 0 Å². The Morgan fingerprint density at radius 3 is 2.36 bits per heavy atom. The molecule has 62 valence electrons. The number of rotatable bonds is 2. The Morgan fingerprint density at radius 2 is 2.09 bits per heavy atom. The van der Waals surface area contributed by atoms with Crippen molar-refractivity contribution < 1.29 is 0 Å². The van der Waals surface area contributed by atoms with Gasteiger partial charge in [0.05, 0.1) is 11.5 Å². The molecule has 0 aliphatic heterocycles. The maximum Gasteiger partial charge on any atom is 0.0689 e. The van der Waals surface area contributed by atoms with Gasteiger partial charge in [0.1, 0.15) is 0 Å². The molecule has 1 nitrogen and oxygen atoms in total. The number of nitriles is 1. The summed E-state index contributed by atoms with van der Waals surface area (Å²) in [5, 5.41) is 8.89. The summed E-state index contributed by atoms with van der Waals surface area (Å²) in [7, 11) is 0. The molecule has 0 aromatic carbocycles. The summed E-state index contributed by atoms with van der Waals surface area (Å²) < 4.78 is 0. The van der Waals surface area contributed by atoms with Gasteiger partial charge in [0.25, 0.3) is 0 Å². The van der Waals surface area contributed by atoms with Crippen LogP contribution >= 0.6 is 0 Å². The van der Waals surface area contributed by atoms with E-state index in [4.69, 9.17) is 5.26 Å². The van der Waals surface area contributed by atoms with Crippen molar-refractivity contribution in [1.29, 1.82) is 5.26 Å². The van der Waals surface area contributed by atoms with E-state index in [2.05, 4.69) is 26.8 Å². The molecule has 0 amide bonds. The van der Waals surface area contributed by atoms with E-state index in [0.29, 0.717) is 0 Å². The largest absolute Gasteiger partial charge is 0.198 e. The Hall–Kier alpha value is -0.510. The van der Waals surface area contributed by atoms with Crippen LogP contribution in [0.3, 0.4) is 0 Å². The van der Waals surface area contributed by atoms with Crippen molar-refractivity contribution in [2.45, 2.75) is 40.0 Å². The van der Waals surface area contributed by atoms with Gasteiger partial charge in [-0.3, -0.25) is 0 Å². The minimum atomic E-state index is 0.0644. The van der Waals surface area contributed by atoms with Crippen molar-refractivity contribution in [2.24, 2.45) is 17.3 Å². The van der Waals surface area contributed by atoms with Crippen molar-refractivity contribution in [3.63, 3.8) is 0 Å². The molecular formula is C10H17N. The zero-order valence-corrected chi connectivity index (χ0v) is 7.72. The van der Waals surface area contributed by atoms with Gasteiger partial charge in [-0.05, 0) is 31.1 Å². The van der Waals surface area contributed by atoms with Gasteiger partial charge >= 0.3 is 0 Å². The Bertz CT molecular complexity index is 170. The molecule has 0 unspecified atom stereocenters. The van der Waals surface area contributed by atoms with Gasteiger partial charge in [-0.15, -0.1) is 0 Å². The van der Waals surface area contributed by atoms with E-state index in [0.717, 1.165) is 31.1 Å². The van der Waals surface area contributed by atoms with Gasteiger partial charge in [-0.2, -0.15) is 5.26 Å². The van der Waals surface area contributed by atoms with Crippen molar-refractivity contribution in [3.05, 3.63) is 0 Å². The third-order valence-corrected chi connectivity index (χ3v) is 3.16. The Labute approximate surface area is 69.4 Å². The Kier molecular flexibility index (Phi) is 2.23. The summed E-state index contributed by atoms with van der Waals surface area (Å²) in [5.41, 5.74) is 0.0644. The van der Waals surface area contributed by atoms with Crippen LogP contribution in [0.4, 0.5) is 0 Å². The topological polar surface area (TPSA) is 23.8 Å². The minimum absolute atomic E-state index is 0.0644. The molecule has 1 rings (SSSR count). The molecule has 0 saturated heterocycles. The summed E-state index contributed by atoms with van der Waals surface area (Å²) in [5.74, 6) is 1.58. The number of hydrogen-bond donors (Lipinski definition) is 0. The van der Waals surface area contributed by atoms with Crippen LogP contribution in [-0.2, 0) is 0 Å². The number of hydrogen-bond acceptors (Lipinski definition) is 1. The van der Waals surface area contributed by atoms with Crippen LogP contribution < -0.4 is 0 Å². The normalized spacial score (nSPS) is 36.5. The average Bonchev–Trinajstić information content (AvgIpc) is 1.87. The van der Waals surface area contributed by atoms with Gasteiger partial charge < -0.3 is 0 Å². The predicted octanol–water partition coefficient (Wildman–Crippen LogP) is 2.97. The fraction of sp³-hybridized carbons (Fsp3) is 0.900. The lowest BCUT2D eigenvalue weighted by Crippen LogP contribution is -2.37. The highest BCUT2D eigenvalue weighted by molar-refractivity contribution is 5.07. The molecule has 1 aliphatic carbocycles. The zero-order chi connectivity index (χ0) is 8.48. The third-order valence-electron chi connectivity index (χ3n) is 3.16. The maximum atomic E-state index is 8.89. The van der Waals surface area contributed by atoms with Gasteiger partial charge in [0.2, 0.25) is 0 Å². The molecule has 0 N–H and O–H groups in total. The molecular weight excluding hydrogens is 134 g/mol. The predicted molar refractivity (Wildman–Crippen MR) is 45.9 cm³/mol. The maximum absolute atomic E-state index is 8.89. The van der Waals surface area contributed by atoms with Crippen LogP contribution in [0.2, 0.25) is 0 Å². The SMILES string of the molecule is CCC1(C#N)CC(C(C)C)C1. The van der Waals surface area contributed by atoms with Crippen molar-refractivity contribution in [3.8, 4) is 6.07 Å². The molecule has 1 saturated carbocycles. The molecule has 0 atom stereocenters. The smallest absolute Gasteiger partial charge is 0.0689 e. The van der Waals surface area contributed by atoms with Crippen molar-refractivity contribution in [1.82, 2.24) is 0 Å². The standard InChI is InChI=1S/C10H17N/c1-4-10(7-11)5-9(6-10)8(2)3/h8-9H,4-6H2,1-3H3. The van der Waals surface area contributed by atoms with E-state index in [1.165, 1.54) is 0 Å². The number of nitrogens with zero attached hydrogens (tertiary/aromatic N) is 1. The summed E-state index contributed by atoms with van der Waals surface area (Å²) in [6.07, 6.45) is 3.31. The quantitative estimate of drug-likeness (QED) is 0.595. The lowest BCUT2D eigenvalue weighted by atomic mass is 9.58. The Balaban J connectivity index is 2.44. The summed E-state index contributed by atoms with van der Waals surface area (Å²) in [6.45, 7) is 6.63. The molecule has 1 heteroatoms. The van der Waals surface area contributed by atoms with E-state index in [1.807, 2.05) is 0 Å². The minimum Gasteiger partial charge on any atom is -0.198 e. The molecule has 0 aromatic heterocycles. The second-order valence-corrected chi connectivity index (χ2v) is 4.16. The second kappa shape index (κ2) is 2.85.